The Kier molecular flexibility index (Phi) is 6.21. The molecule has 1 aliphatic heterocycles. The lowest BCUT2D eigenvalue weighted by Crippen LogP contribution is -2.32. The van der Waals surface area contributed by atoms with Crippen molar-refractivity contribution in [2.45, 2.75) is 32.2 Å². The van der Waals surface area contributed by atoms with E-state index in [2.05, 4.69) is 11.4 Å². The van der Waals surface area contributed by atoms with Crippen molar-refractivity contribution in [3.8, 4) is 11.5 Å². The van der Waals surface area contributed by atoms with Crippen LogP contribution in [0.15, 0.2) is 42.5 Å². The molecule has 1 heterocycles. The van der Waals surface area contributed by atoms with Gasteiger partial charge in [0.05, 0.1) is 13.7 Å². The number of amides is 2. The van der Waals surface area contributed by atoms with Crippen molar-refractivity contribution in [2.24, 2.45) is 5.92 Å². The fourth-order valence-electron chi connectivity index (χ4n) is 3.62. The molecule has 2 aliphatic rings. The number of nitrogens with one attached hydrogen (secondary N) is 1. The highest BCUT2D eigenvalue weighted by molar-refractivity contribution is 5.94. The molecule has 1 fully saturated rings. The third kappa shape index (κ3) is 5.12. The Hall–Kier alpha value is -3.02. The monoisotopic (exact) mass is 408 g/mol. The van der Waals surface area contributed by atoms with Crippen LogP contribution in [0.2, 0.25) is 0 Å². The van der Waals surface area contributed by atoms with Crippen molar-refractivity contribution in [1.29, 1.82) is 0 Å². The van der Waals surface area contributed by atoms with Crippen LogP contribution >= 0.6 is 0 Å². The van der Waals surface area contributed by atoms with Crippen molar-refractivity contribution < 1.29 is 19.1 Å². The Morgan fingerprint density at radius 1 is 1.17 bits per heavy atom. The summed E-state index contributed by atoms with van der Waals surface area (Å²) < 4.78 is 11.0. The summed E-state index contributed by atoms with van der Waals surface area (Å²) in [6.45, 7) is 2.28. The minimum atomic E-state index is -0.0287. The van der Waals surface area contributed by atoms with E-state index >= 15 is 0 Å². The van der Waals surface area contributed by atoms with Gasteiger partial charge in [0.25, 0.3) is 5.91 Å². The van der Waals surface area contributed by atoms with Crippen LogP contribution in [0.5, 0.6) is 11.5 Å². The molecule has 1 N–H and O–H groups in total. The molecule has 0 atom stereocenters. The van der Waals surface area contributed by atoms with Crippen LogP contribution in [0.1, 0.15) is 40.7 Å². The predicted molar refractivity (Wildman–Crippen MR) is 114 cm³/mol. The summed E-state index contributed by atoms with van der Waals surface area (Å²) in [6.07, 6.45) is 3.62. The second kappa shape index (κ2) is 9.20. The van der Waals surface area contributed by atoms with Gasteiger partial charge in [0.15, 0.2) is 0 Å². The topological polar surface area (TPSA) is 67.9 Å². The number of benzene rings is 2. The van der Waals surface area contributed by atoms with Crippen LogP contribution in [0.25, 0.3) is 0 Å². The summed E-state index contributed by atoms with van der Waals surface area (Å²) >= 11 is 0. The van der Waals surface area contributed by atoms with Crippen LogP contribution in [0, 0.1) is 5.92 Å². The van der Waals surface area contributed by atoms with E-state index in [1.165, 1.54) is 12.8 Å². The van der Waals surface area contributed by atoms with Crippen LogP contribution in [-0.2, 0) is 17.8 Å². The van der Waals surface area contributed by atoms with E-state index in [9.17, 15) is 9.59 Å². The molecule has 0 radical (unpaired) electrons. The van der Waals surface area contributed by atoms with Gasteiger partial charge < -0.3 is 19.7 Å². The maximum atomic E-state index is 13.0. The number of hydrogen-bond donors (Lipinski definition) is 1. The van der Waals surface area contributed by atoms with Crippen molar-refractivity contribution in [1.82, 2.24) is 10.2 Å². The zero-order valence-electron chi connectivity index (χ0n) is 17.4. The van der Waals surface area contributed by atoms with E-state index in [1.54, 1.807) is 36.3 Å². The minimum Gasteiger partial charge on any atom is -0.497 e. The average molecular weight is 408 g/mol. The first-order valence-corrected chi connectivity index (χ1v) is 10.6. The average Bonchev–Trinajstić information content (AvgIpc) is 3.62. The highest BCUT2D eigenvalue weighted by Crippen LogP contribution is 2.28. The zero-order chi connectivity index (χ0) is 20.9. The molecule has 158 valence electrons. The van der Waals surface area contributed by atoms with Crippen molar-refractivity contribution in [3.05, 3.63) is 59.2 Å². The van der Waals surface area contributed by atoms with E-state index in [4.69, 9.17) is 9.47 Å². The number of methoxy groups -OCH3 is 1. The molecule has 0 saturated heterocycles. The second-order valence-electron chi connectivity index (χ2n) is 7.99. The summed E-state index contributed by atoms with van der Waals surface area (Å²) in [6, 6.07) is 13.2. The van der Waals surface area contributed by atoms with Gasteiger partial charge in [0, 0.05) is 30.6 Å². The highest BCUT2D eigenvalue weighted by atomic mass is 16.5. The van der Waals surface area contributed by atoms with E-state index in [1.807, 2.05) is 12.1 Å². The van der Waals surface area contributed by atoms with Crippen LogP contribution in [0.3, 0.4) is 0 Å². The molecule has 4 rings (SSSR count). The van der Waals surface area contributed by atoms with Gasteiger partial charge in [-0.15, -0.1) is 0 Å². The highest BCUT2D eigenvalue weighted by Gasteiger charge is 2.23. The van der Waals surface area contributed by atoms with E-state index in [0.29, 0.717) is 44.0 Å². The standard InChI is InChI=1S/C24H28N2O4/c1-29-21-8-6-19(7-9-21)24(28)26-12-13-30-22-10-4-17(14-20(22)16-26)5-11-23(27)25-15-18-2-3-18/h4,6-10,14,18H,2-3,5,11-13,15-16H2,1H3,(H,25,27). The van der Waals surface area contributed by atoms with Gasteiger partial charge in [-0.05, 0) is 61.1 Å². The molecule has 2 aromatic carbocycles. The molecule has 1 aliphatic carbocycles. The lowest BCUT2D eigenvalue weighted by atomic mass is 10.0. The summed E-state index contributed by atoms with van der Waals surface area (Å²) in [5.74, 6) is 2.29. The largest absolute Gasteiger partial charge is 0.497 e. The van der Waals surface area contributed by atoms with Gasteiger partial charge in [-0.25, -0.2) is 0 Å². The Morgan fingerprint density at radius 2 is 1.97 bits per heavy atom. The molecule has 0 unspecified atom stereocenters. The number of ether oxygens (including phenoxy) is 2. The normalized spacial score (nSPS) is 15.6. The van der Waals surface area contributed by atoms with Gasteiger partial charge in [-0.1, -0.05) is 12.1 Å². The van der Waals surface area contributed by atoms with Gasteiger partial charge in [-0.3, -0.25) is 9.59 Å². The first kappa shape index (κ1) is 20.3. The Bertz CT molecular complexity index is 906. The number of fused-ring (bicyclic) bond motifs is 1. The molecule has 6 heteroatoms. The summed E-state index contributed by atoms with van der Waals surface area (Å²) in [5, 5.41) is 3.01. The number of hydrogen-bond acceptors (Lipinski definition) is 4. The van der Waals surface area contributed by atoms with Crippen molar-refractivity contribution in [2.75, 3.05) is 26.8 Å². The molecular weight excluding hydrogens is 380 g/mol. The number of carbonyl (C=O) groups is 2. The van der Waals surface area contributed by atoms with E-state index < -0.39 is 0 Å². The first-order chi connectivity index (χ1) is 14.6. The summed E-state index contributed by atoms with van der Waals surface area (Å²) in [5.41, 5.74) is 2.69. The molecule has 30 heavy (non-hydrogen) atoms. The van der Waals surface area contributed by atoms with Gasteiger partial charge in [-0.2, -0.15) is 0 Å². The quantitative estimate of drug-likeness (QED) is 0.764. The SMILES string of the molecule is COc1ccc(C(=O)N2CCOc3ccc(CCC(=O)NCC4CC4)cc3C2)cc1. The molecule has 0 aromatic heterocycles. The molecule has 2 amide bonds. The molecule has 1 saturated carbocycles. The van der Waals surface area contributed by atoms with E-state index in [0.717, 1.165) is 29.2 Å². The van der Waals surface area contributed by atoms with Crippen LogP contribution in [-0.4, -0.2) is 43.5 Å². The van der Waals surface area contributed by atoms with Crippen LogP contribution in [0.4, 0.5) is 0 Å². The number of nitrogens with zero attached hydrogens (tertiary/aromatic N) is 1. The number of carbonyl (C=O) groups excluding carboxylic acids is 2. The van der Waals surface area contributed by atoms with Crippen molar-refractivity contribution >= 4 is 11.8 Å². The maximum absolute atomic E-state index is 13.0. The van der Waals surface area contributed by atoms with Crippen molar-refractivity contribution in [3.63, 3.8) is 0 Å². The second-order valence-corrected chi connectivity index (χ2v) is 7.99. The minimum absolute atomic E-state index is 0.0287. The predicted octanol–water partition coefficient (Wildman–Crippen LogP) is 3.19. The molecule has 0 spiro atoms. The van der Waals surface area contributed by atoms with Gasteiger partial charge in [0.1, 0.15) is 18.1 Å². The lowest BCUT2D eigenvalue weighted by molar-refractivity contribution is -0.121. The molecule has 0 bridgehead atoms. The summed E-state index contributed by atoms with van der Waals surface area (Å²) in [4.78, 5) is 26.8. The first-order valence-electron chi connectivity index (χ1n) is 10.6. The third-order valence-electron chi connectivity index (χ3n) is 5.65. The molecular formula is C24H28N2O4. The number of rotatable bonds is 7. The fourth-order valence-corrected chi connectivity index (χ4v) is 3.62. The van der Waals surface area contributed by atoms with Crippen LogP contribution < -0.4 is 14.8 Å². The zero-order valence-corrected chi connectivity index (χ0v) is 17.4. The molecule has 2 aromatic rings. The molecule has 6 nitrogen and oxygen atoms in total. The Labute approximate surface area is 177 Å². The Balaban J connectivity index is 1.40. The Morgan fingerprint density at radius 3 is 2.70 bits per heavy atom. The number of aryl methyl sites for hydroxylation is 1. The summed E-state index contributed by atoms with van der Waals surface area (Å²) in [7, 11) is 1.61. The maximum Gasteiger partial charge on any atom is 0.254 e. The fraction of sp³-hybridized carbons (Fsp3) is 0.417. The smallest absolute Gasteiger partial charge is 0.254 e. The van der Waals surface area contributed by atoms with Gasteiger partial charge in [0.2, 0.25) is 5.91 Å². The van der Waals surface area contributed by atoms with E-state index in [-0.39, 0.29) is 11.8 Å². The lowest BCUT2D eigenvalue weighted by Gasteiger charge is -2.20. The van der Waals surface area contributed by atoms with Gasteiger partial charge >= 0.3 is 0 Å². The third-order valence-corrected chi connectivity index (χ3v) is 5.65.